The Kier molecular flexibility index (Phi) is 6.45. The van der Waals surface area contributed by atoms with Gasteiger partial charge in [-0.3, -0.25) is 9.69 Å². The van der Waals surface area contributed by atoms with Gasteiger partial charge in [-0.25, -0.2) is 0 Å². The summed E-state index contributed by atoms with van der Waals surface area (Å²) in [6, 6.07) is 8.10. The number of nitrogens with zero attached hydrogens (tertiary/aromatic N) is 2. The second-order valence-electron chi connectivity index (χ2n) is 9.54. The molecule has 1 saturated carbocycles. The summed E-state index contributed by atoms with van der Waals surface area (Å²) in [6.45, 7) is 6.92. The first-order valence-electron chi connectivity index (χ1n) is 11.4. The lowest BCUT2D eigenvalue weighted by Crippen LogP contribution is -2.46. The fourth-order valence-corrected chi connectivity index (χ4v) is 5.49. The molecule has 5 heteroatoms. The van der Waals surface area contributed by atoms with E-state index in [-0.39, 0.29) is 24.0 Å². The molecule has 2 atom stereocenters. The number of para-hydroxylation sites is 1. The number of rotatable bonds is 5. The van der Waals surface area contributed by atoms with Gasteiger partial charge in [0.05, 0.1) is 6.10 Å². The minimum atomic E-state index is -0.151. The quantitative estimate of drug-likeness (QED) is 0.823. The summed E-state index contributed by atoms with van der Waals surface area (Å²) in [5.74, 6) is 1.63. The van der Waals surface area contributed by atoms with Gasteiger partial charge in [0.15, 0.2) is 6.61 Å². The van der Waals surface area contributed by atoms with Gasteiger partial charge in [0.1, 0.15) is 5.75 Å². The minimum absolute atomic E-state index is 0.0927. The number of hydrogen-bond acceptors (Lipinski definition) is 4. The number of benzene rings is 1. The summed E-state index contributed by atoms with van der Waals surface area (Å²) in [5.41, 5.74) is 1.23. The maximum atomic E-state index is 12.5. The van der Waals surface area contributed by atoms with Gasteiger partial charge in [-0.15, -0.1) is 0 Å². The van der Waals surface area contributed by atoms with Crippen molar-refractivity contribution in [3.8, 4) is 5.75 Å². The van der Waals surface area contributed by atoms with Crippen molar-refractivity contribution in [1.29, 1.82) is 0 Å². The highest BCUT2D eigenvalue weighted by Gasteiger charge is 2.44. The van der Waals surface area contributed by atoms with Gasteiger partial charge in [-0.1, -0.05) is 31.5 Å². The van der Waals surface area contributed by atoms with E-state index in [1.165, 1.54) is 0 Å². The highest BCUT2D eigenvalue weighted by molar-refractivity contribution is 5.77. The van der Waals surface area contributed by atoms with E-state index in [1.807, 2.05) is 23.1 Å². The molecule has 1 amide bonds. The summed E-state index contributed by atoms with van der Waals surface area (Å²) in [4.78, 5) is 17.0. The predicted molar refractivity (Wildman–Crippen MR) is 114 cm³/mol. The molecule has 160 valence electrons. The average Bonchev–Trinajstić information content (AvgIpc) is 3.07. The molecule has 5 nitrogen and oxygen atoms in total. The lowest BCUT2D eigenvalue weighted by atomic mass is 9.76. The third-order valence-corrected chi connectivity index (χ3v) is 7.40. The van der Waals surface area contributed by atoms with Gasteiger partial charge in [-0.05, 0) is 57.1 Å². The number of carbonyl (C=O) groups excluding carboxylic acids is 1. The average molecular weight is 401 g/mol. The SMILES string of the molecule is CC1CCN(C(=O)COc2ccccc2CN2CCC[C@]3(CCC[C@H]3O)C2)CC1. The number of piperidine rings is 2. The van der Waals surface area contributed by atoms with Crippen LogP contribution in [0.15, 0.2) is 24.3 Å². The van der Waals surface area contributed by atoms with Crippen molar-refractivity contribution in [2.45, 2.75) is 64.5 Å². The molecule has 29 heavy (non-hydrogen) atoms. The zero-order valence-electron chi connectivity index (χ0n) is 17.8. The number of aliphatic hydroxyl groups excluding tert-OH is 1. The molecule has 2 heterocycles. The van der Waals surface area contributed by atoms with Crippen LogP contribution < -0.4 is 4.74 Å². The lowest BCUT2D eigenvalue weighted by Gasteiger charge is -2.42. The van der Waals surface area contributed by atoms with Crippen LogP contribution in [0.4, 0.5) is 0 Å². The van der Waals surface area contributed by atoms with Gasteiger partial charge >= 0.3 is 0 Å². The van der Waals surface area contributed by atoms with Crippen LogP contribution in [0.3, 0.4) is 0 Å². The molecule has 0 bridgehead atoms. The predicted octanol–water partition coefficient (Wildman–Crippen LogP) is 3.45. The van der Waals surface area contributed by atoms with Crippen molar-refractivity contribution in [3.63, 3.8) is 0 Å². The second kappa shape index (κ2) is 9.05. The molecular weight excluding hydrogens is 364 g/mol. The molecule has 0 unspecified atom stereocenters. The Bertz CT molecular complexity index is 701. The van der Waals surface area contributed by atoms with Crippen LogP contribution in [0.25, 0.3) is 0 Å². The van der Waals surface area contributed by atoms with Crippen molar-refractivity contribution in [3.05, 3.63) is 29.8 Å². The Hall–Kier alpha value is -1.59. The molecule has 4 rings (SSSR count). The first kappa shape index (κ1) is 20.7. The lowest BCUT2D eigenvalue weighted by molar-refractivity contribution is -0.134. The molecule has 2 aliphatic heterocycles. The summed E-state index contributed by atoms with van der Waals surface area (Å²) in [7, 11) is 0. The van der Waals surface area contributed by atoms with Crippen LogP contribution in [0.1, 0.15) is 57.4 Å². The number of ether oxygens (including phenoxy) is 1. The molecule has 3 aliphatic rings. The molecule has 3 fully saturated rings. The van der Waals surface area contributed by atoms with E-state index in [4.69, 9.17) is 4.74 Å². The van der Waals surface area contributed by atoms with Gasteiger partial charge < -0.3 is 14.7 Å². The van der Waals surface area contributed by atoms with Gasteiger partial charge in [0.2, 0.25) is 0 Å². The smallest absolute Gasteiger partial charge is 0.260 e. The Balaban J connectivity index is 1.35. The zero-order chi connectivity index (χ0) is 20.3. The van der Waals surface area contributed by atoms with Crippen LogP contribution in [-0.2, 0) is 11.3 Å². The van der Waals surface area contributed by atoms with E-state index in [0.29, 0.717) is 5.92 Å². The second-order valence-corrected chi connectivity index (χ2v) is 9.54. The number of hydrogen-bond donors (Lipinski definition) is 1. The van der Waals surface area contributed by atoms with E-state index in [1.54, 1.807) is 0 Å². The Morgan fingerprint density at radius 1 is 1.14 bits per heavy atom. The summed E-state index contributed by atoms with van der Waals surface area (Å²) < 4.78 is 5.99. The van der Waals surface area contributed by atoms with E-state index in [2.05, 4.69) is 17.9 Å². The maximum Gasteiger partial charge on any atom is 0.260 e. The third-order valence-electron chi connectivity index (χ3n) is 7.40. The molecule has 2 saturated heterocycles. The molecule has 0 aromatic heterocycles. The van der Waals surface area contributed by atoms with E-state index in [9.17, 15) is 9.90 Å². The Labute approximate surface area is 175 Å². The van der Waals surface area contributed by atoms with Crippen molar-refractivity contribution < 1.29 is 14.6 Å². The normalized spacial score (nSPS) is 28.8. The molecule has 1 spiro atoms. The molecule has 1 aromatic rings. The number of amides is 1. The molecule has 1 N–H and O–H groups in total. The van der Waals surface area contributed by atoms with E-state index >= 15 is 0 Å². The van der Waals surface area contributed by atoms with Gasteiger partial charge in [0, 0.05) is 37.2 Å². The topological polar surface area (TPSA) is 53.0 Å². The van der Waals surface area contributed by atoms with Gasteiger partial charge in [0.25, 0.3) is 5.91 Å². The monoisotopic (exact) mass is 400 g/mol. The number of carbonyl (C=O) groups is 1. The highest BCUT2D eigenvalue weighted by Crippen LogP contribution is 2.45. The van der Waals surface area contributed by atoms with E-state index in [0.717, 1.165) is 89.0 Å². The summed E-state index contributed by atoms with van der Waals surface area (Å²) in [5, 5.41) is 10.5. The highest BCUT2D eigenvalue weighted by atomic mass is 16.5. The van der Waals surface area contributed by atoms with Crippen molar-refractivity contribution in [2.24, 2.45) is 11.3 Å². The number of likely N-dealkylation sites (tertiary alicyclic amines) is 2. The standard InChI is InChI=1S/C24H36N2O3/c1-19-9-14-26(15-10-19)23(28)17-29-21-7-3-2-6-20(21)16-25-13-5-12-24(18-25)11-4-8-22(24)27/h2-3,6-7,19,22,27H,4-5,8-18H2,1H3/t22-,24-/m1/s1. The molecule has 1 aliphatic carbocycles. The first-order chi connectivity index (χ1) is 14.1. The fraction of sp³-hybridized carbons (Fsp3) is 0.708. The third kappa shape index (κ3) is 4.77. The van der Waals surface area contributed by atoms with Crippen LogP contribution in [0, 0.1) is 11.3 Å². The Morgan fingerprint density at radius 3 is 2.66 bits per heavy atom. The summed E-state index contributed by atoms with van der Waals surface area (Å²) >= 11 is 0. The number of aliphatic hydroxyl groups is 1. The van der Waals surface area contributed by atoms with Crippen LogP contribution >= 0.6 is 0 Å². The minimum Gasteiger partial charge on any atom is -0.483 e. The van der Waals surface area contributed by atoms with Crippen molar-refractivity contribution in [2.75, 3.05) is 32.8 Å². The first-order valence-corrected chi connectivity index (χ1v) is 11.4. The largest absolute Gasteiger partial charge is 0.483 e. The van der Waals surface area contributed by atoms with E-state index < -0.39 is 0 Å². The fourth-order valence-electron chi connectivity index (χ4n) is 5.49. The molecular formula is C24H36N2O3. The van der Waals surface area contributed by atoms with Crippen LogP contribution in [0.5, 0.6) is 5.75 Å². The molecule has 1 aromatic carbocycles. The molecule has 0 radical (unpaired) electrons. The van der Waals surface area contributed by atoms with Gasteiger partial charge in [-0.2, -0.15) is 0 Å². The zero-order valence-corrected chi connectivity index (χ0v) is 17.8. The van der Waals surface area contributed by atoms with Crippen LogP contribution in [0.2, 0.25) is 0 Å². The summed E-state index contributed by atoms with van der Waals surface area (Å²) in [6.07, 6.45) is 7.55. The van der Waals surface area contributed by atoms with Crippen LogP contribution in [-0.4, -0.2) is 59.7 Å². The van der Waals surface area contributed by atoms with Crippen molar-refractivity contribution >= 4 is 5.91 Å². The Morgan fingerprint density at radius 2 is 1.90 bits per heavy atom. The maximum absolute atomic E-state index is 12.5. The van der Waals surface area contributed by atoms with Crippen molar-refractivity contribution in [1.82, 2.24) is 9.80 Å².